The van der Waals surface area contributed by atoms with E-state index in [0.717, 1.165) is 44.0 Å². The van der Waals surface area contributed by atoms with Crippen molar-refractivity contribution in [1.82, 2.24) is 5.32 Å². The van der Waals surface area contributed by atoms with Gasteiger partial charge in [-0.2, -0.15) is 0 Å². The van der Waals surface area contributed by atoms with Crippen molar-refractivity contribution in [1.29, 1.82) is 0 Å². The Labute approximate surface area is 262 Å². The highest BCUT2D eigenvalue weighted by molar-refractivity contribution is 5.94. The Balaban J connectivity index is 1.61. The summed E-state index contributed by atoms with van der Waals surface area (Å²) in [6.07, 6.45) is -0.197. The van der Waals surface area contributed by atoms with E-state index in [9.17, 15) is 38.0 Å². The van der Waals surface area contributed by atoms with E-state index in [1.807, 2.05) is 24.3 Å². The van der Waals surface area contributed by atoms with E-state index in [2.05, 4.69) is 15.4 Å². The van der Waals surface area contributed by atoms with Crippen molar-refractivity contribution < 1.29 is 42.6 Å². The lowest BCUT2D eigenvalue weighted by Gasteiger charge is -2.28. The normalized spacial score (nSPS) is 14.7. The third kappa shape index (κ3) is 9.95. The summed E-state index contributed by atoms with van der Waals surface area (Å²) in [6, 6.07) is 18.7. The fourth-order valence-electron chi connectivity index (χ4n) is 5.16. The lowest BCUT2D eigenvalue weighted by Crippen LogP contribution is -2.36. The van der Waals surface area contributed by atoms with Gasteiger partial charge in [0.25, 0.3) is 12.1 Å². The van der Waals surface area contributed by atoms with Crippen LogP contribution in [0.1, 0.15) is 59.5 Å². The highest BCUT2D eigenvalue weighted by atomic mass is 19.4. The van der Waals surface area contributed by atoms with Gasteiger partial charge < -0.3 is 30.5 Å². The van der Waals surface area contributed by atoms with Crippen LogP contribution in [-0.4, -0.2) is 46.0 Å². The van der Waals surface area contributed by atoms with Gasteiger partial charge in [0.1, 0.15) is 5.75 Å². The average Bonchev–Trinajstić information content (AvgIpc) is 3.03. The summed E-state index contributed by atoms with van der Waals surface area (Å²) in [5.41, 5.74) is 2.87. The molecule has 0 saturated heterocycles. The molecule has 0 bridgehead atoms. The molecule has 4 N–H and O–H groups in total. The van der Waals surface area contributed by atoms with E-state index in [4.69, 9.17) is 5.11 Å². The van der Waals surface area contributed by atoms with Gasteiger partial charge in [0.15, 0.2) is 11.9 Å². The summed E-state index contributed by atoms with van der Waals surface area (Å²) in [5.74, 6) is -2.08. The second-order valence-electron chi connectivity index (χ2n) is 10.8. The second-order valence-corrected chi connectivity index (χ2v) is 10.8. The number of aliphatic hydroxyl groups excluding tert-OH is 1. The number of carbonyl (C=O) groups is 2. The molecular weight excluding hydrogens is 609 g/mol. The summed E-state index contributed by atoms with van der Waals surface area (Å²) in [5, 5.41) is 35.2. The van der Waals surface area contributed by atoms with E-state index in [0.29, 0.717) is 17.2 Å². The first-order chi connectivity index (χ1) is 21.9. The van der Waals surface area contributed by atoms with Crippen LogP contribution in [0.15, 0.2) is 84.8 Å². The standard InChI is InChI=1S/C32H33F3N4O7/c33-32(34,35)46-27-16-12-25(13-17-27)37-29(20-39(44)45)38(26-14-10-23(11-15-26)22-4-2-1-3-5-22)19-21-6-8-24(9-7-21)30(41)36-18-28(40)31(42)43/h6-17,20,22,28,37,40H,1-5,18-19H2,(H,36,41)(H,42,43)/b29-20-/t28-/m1/s1. The number of nitrogens with one attached hydrogen (secondary N) is 2. The third-order valence-corrected chi connectivity index (χ3v) is 7.46. The van der Waals surface area contributed by atoms with Crippen molar-refractivity contribution in [3.05, 3.63) is 112 Å². The van der Waals surface area contributed by atoms with E-state index in [-0.39, 0.29) is 23.6 Å². The largest absolute Gasteiger partial charge is 0.573 e. The Morgan fingerprint density at radius 2 is 1.63 bits per heavy atom. The molecule has 11 nitrogen and oxygen atoms in total. The molecule has 0 aliphatic heterocycles. The summed E-state index contributed by atoms with van der Waals surface area (Å²) in [4.78, 5) is 36.0. The Morgan fingerprint density at radius 3 is 2.20 bits per heavy atom. The number of aliphatic hydroxyl groups is 1. The minimum Gasteiger partial charge on any atom is -0.479 e. The lowest BCUT2D eigenvalue weighted by molar-refractivity contribution is -0.403. The molecule has 1 fully saturated rings. The molecule has 0 spiro atoms. The molecule has 4 rings (SSSR count). The van der Waals surface area contributed by atoms with E-state index in [1.165, 1.54) is 36.2 Å². The predicted octanol–water partition coefficient (Wildman–Crippen LogP) is 6.00. The number of carboxylic acids is 1. The molecule has 1 amide bonds. The number of benzene rings is 3. The molecule has 1 aliphatic rings. The molecule has 0 heterocycles. The van der Waals surface area contributed by atoms with E-state index < -0.39 is 41.6 Å². The smallest absolute Gasteiger partial charge is 0.479 e. The minimum absolute atomic E-state index is 0.0179. The number of carbonyl (C=O) groups excluding carboxylic acids is 1. The monoisotopic (exact) mass is 642 g/mol. The van der Waals surface area contributed by atoms with Crippen molar-refractivity contribution in [2.45, 2.75) is 57.0 Å². The zero-order valence-electron chi connectivity index (χ0n) is 24.6. The van der Waals surface area contributed by atoms with Gasteiger partial charge in [-0.15, -0.1) is 13.2 Å². The quantitative estimate of drug-likeness (QED) is 0.130. The number of alkyl halides is 3. The van der Waals surface area contributed by atoms with Crippen LogP contribution >= 0.6 is 0 Å². The summed E-state index contributed by atoms with van der Waals surface area (Å²) >= 11 is 0. The van der Waals surface area contributed by atoms with Gasteiger partial charge >= 0.3 is 12.3 Å². The maximum Gasteiger partial charge on any atom is 0.573 e. The molecule has 1 saturated carbocycles. The summed E-state index contributed by atoms with van der Waals surface area (Å²) < 4.78 is 41.8. The first-order valence-electron chi connectivity index (χ1n) is 14.5. The van der Waals surface area contributed by atoms with Crippen molar-refractivity contribution in [2.75, 3.05) is 16.8 Å². The van der Waals surface area contributed by atoms with Gasteiger partial charge in [-0.25, -0.2) is 4.79 Å². The maximum atomic E-state index is 12.6. The molecule has 0 unspecified atom stereocenters. The van der Waals surface area contributed by atoms with Crippen LogP contribution in [-0.2, 0) is 11.3 Å². The van der Waals surface area contributed by atoms with Crippen LogP contribution in [0.4, 0.5) is 24.5 Å². The fourth-order valence-corrected chi connectivity index (χ4v) is 5.16. The molecule has 3 aromatic rings. The molecular formula is C32H33F3N4O7. The molecule has 0 aromatic heterocycles. The van der Waals surface area contributed by atoms with Gasteiger partial charge in [-0.05, 0) is 78.4 Å². The predicted molar refractivity (Wildman–Crippen MR) is 163 cm³/mol. The number of ether oxygens (including phenoxy) is 1. The Morgan fingerprint density at radius 1 is 1.00 bits per heavy atom. The summed E-state index contributed by atoms with van der Waals surface area (Å²) in [6.45, 7) is -0.394. The number of halogens is 3. The van der Waals surface area contributed by atoms with Crippen LogP contribution in [0, 0.1) is 10.1 Å². The second kappa shape index (κ2) is 15.3. The molecule has 0 radical (unpaired) electrons. The highest BCUT2D eigenvalue weighted by Gasteiger charge is 2.31. The van der Waals surface area contributed by atoms with Gasteiger partial charge in [0.05, 0.1) is 11.5 Å². The number of hydrogen-bond acceptors (Lipinski definition) is 8. The number of aliphatic carboxylic acids is 1. The van der Waals surface area contributed by atoms with Gasteiger partial charge in [-0.3, -0.25) is 14.9 Å². The van der Waals surface area contributed by atoms with Crippen molar-refractivity contribution in [3.8, 4) is 5.75 Å². The molecule has 1 aliphatic carbocycles. The van der Waals surface area contributed by atoms with Gasteiger partial charge in [-0.1, -0.05) is 43.5 Å². The van der Waals surface area contributed by atoms with Crippen molar-refractivity contribution in [3.63, 3.8) is 0 Å². The minimum atomic E-state index is -4.87. The van der Waals surface area contributed by atoms with Crippen LogP contribution in [0.5, 0.6) is 5.75 Å². The fraction of sp³-hybridized carbons (Fsp3) is 0.312. The molecule has 14 heteroatoms. The SMILES string of the molecule is O=C(NC[C@@H](O)C(=O)O)c1ccc(CN(/C(=C\[N+](=O)[O-])Nc2ccc(OC(F)(F)F)cc2)c2ccc(C3CCCCC3)cc2)cc1. The number of carboxylic acid groups (broad SMARTS) is 1. The Kier molecular flexibility index (Phi) is 11.2. The van der Waals surface area contributed by atoms with E-state index in [1.54, 1.807) is 17.0 Å². The lowest BCUT2D eigenvalue weighted by atomic mass is 9.84. The number of nitro groups is 1. The molecule has 1 atom stereocenters. The third-order valence-electron chi connectivity index (χ3n) is 7.46. The number of anilines is 2. The number of hydrogen-bond donors (Lipinski definition) is 4. The first kappa shape index (κ1) is 33.8. The first-order valence-corrected chi connectivity index (χ1v) is 14.5. The maximum absolute atomic E-state index is 12.6. The van der Waals surface area contributed by atoms with Crippen LogP contribution in [0.3, 0.4) is 0 Å². The number of nitrogens with zero attached hydrogens (tertiary/aromatic N) is 2. The Hall–Kier alpha value is -5.11. The van der Waals surface area contributed by atoms with Crippen LogP contribution in [0.2, 0.25) is 0 Å². The number of rotatable bonds is 13. The van der Waals surface area contributed by atoms with Gasteiger partial charge in [0.2, 0.25) is 0 Å². The topological polar surface area (TPSA) is 154 Å². The summed E-state index contributed by atoms with van der Waals surface area (Å²) in [7, 11) is 0. The zero-order valence-corrected chi connectivity index (χ0v) is 24.6. The molecule has 46 heavy (non-hydrogen) atoms. The van der Waals surface area contributed by atoms with Crippen molar-refractivity contribution in [2.24, 2.45) is 0 Å². The zero-order chi connectivity index (χ0) is 33.3. The average molecular weight is 643 g/mol. The van der Waals surface area contributed by atoms with Crippen LogP contribution < -0.4 is 20.3 Å². The molecule has 244 valence electrons. The van der Waals surface area contributed by atoms with E-state index >= 15 is 0 Å². The Bertz CT molecular complexity index is 1520. The van der Waals surface area contributed by atoms with Crippen molar-refractivity contribution >= 4 is 23.3 Å². The molecule has 3 aromatic carbocycles. The van der Waals surface area contributed by atoms with Gasteiger partial charge in [0, 0.05) is 23.5 Å². The van der Waals surface area contributed by atoms with Crippen LogP contribution in [0.25, 0.3) is 0 Å². The highest BCUT2D eigenvalue weighted by Crippen LogP contribution is 2.34. The number of amides is 1.